The van der Waals surface area contributed by atoms with E-state index >= 15 is 0 Å². The Morgan fingerprint density at radius 3 is 2.52 bits per heavy atom. The first-order valence-electron chi connectivity index (χ1n) is 9.05. The second kappa shape index (κ2) is 7.55. The molecule has 0 saturated carbocycles. The SMILES string of the molecule is COC(=O)c1cc(C#N)ccc1-c1c(F)ccc2c1CN(C(=O)OC(C)(C)C)C2. The molecule has 0 fully saturated rings. The van der Waals surface area contributed by atoms with Crippen LogP contribution in [0.4, 0.5) is 9.18 Å². The van der Waals surface area contributed by atoms with Crippen LogP contribution >= 0.6 is 0 Å². The van der Waals surface area contributed by atoms with Gasteiger partial charge in [-0.05, 0) is 55.7 Å². The van der Waals surface area contributed by atoms with Crippen LogP contribution in [0.1, 0.15) is 47.8 Å². The summed E-state index contributed by atoms with van der Waals surface area (Å²) >= 11 is 0. The number of benzene rings is 2. The van der Waals surface area contributed by atoms with Gasteiger partial charge in [-0.15, -0.1) is 0 Å². The second-order valence-corrected chi connectivity index (χ2v) is 7.76. The van der Waals surface area contributed by atoms with Gasteiger partial charge in [-0.1, -0.05) is 12.1 Å². The number of rotatable bonds is 2. The lowest BCUT2D eigenvalue weighted by Crippen LogP contribution is -2.33. The fourth-order valence-corrected chi connectivity index (χ4v) is 3.30. The number of methoxy groups -OCH3 is 1. The van der Waals surface area contributed by atoms with Gasteiger partial charge in [-0.3, -0.25) is 4.90 Å². The van der Waals surface area contributed by atoms with Crippen molar-refractivity contribution >= 4 is 12.1 Å². The molecule has 0 unspecified atom stereocenters. The molecule has 6 nitrogen and oxygen atoms in total. The number of amides is 1. The standard InChI is InChI=1S/C22H21FN2O4/c1-22(2,3)29-21(27)25-11-14-6-8-18(23)19(17(14)12-25)15-7-5-13(10-24)9-16(15)20(26)28-4/h5-9H,11-12H2,1-4H3. The van der Waals surface area contributed by atoms with Crippen molar-refractivity contribution in [3.63, 3.8) is 0 Å². The lowest BCUT2D eigenvalue weighted by atomic mass is 9.92. The predicted octanol–water partition coefficient (Wildman–Crippen LogP) is 4.40. The van der Waals surface area contributed by atoms with Crippen LogP contribution in [-0.2, 0) is 22.6 Å². The Hall–Kier alpha value is -3.40. The third-order valence-electron chi connectivity index (χ3n) is 4.54. The first kappa shape index (κ1) is 20.3. The minimum absolute atomic E-state index is 0.0922. The van der Waals surface area contributed by atoms with Gasteiger partial charge in [0.15, 0.2) is 0 Å². The number of nitrogens with zero attached hydrogens (tertiary/aromatic N) is 2. The quantitative estimate of drug-likeness (QED) is 0.703. The Balaban J connectivity index is 2.08. The minimum Gasteiger partial charge on any atom is -0.465 e. The van der Waals surface area contributed by atoms with E-state index in [2.05, 4.69) is 0 Å². The maximum absolute atomic E-state index is 14.9. The van der Waals surface area contributed by atoms with Crippen LogP contribution in [0, 0.1) is 17.1 Å². The van der Waals surface area contributed by atoms with Gasteiger partial charge in [0.25, 0.3) is 0 Å². The molecule has 2 aromatic rings. The zero-order chi connectivity index (χ0) is 21.3. The molecular weight excluding hydrogens is 375 g/mol. The van der Waals surface area contributed by atoms with Gasteiger partial charge in [0, 0.05) is 12.1 Å². The molecule has 3 rings (SSSR count). The Labute approximate surface area is 168 Å². The number of nitriles is 1. The van der Waals surface area contributed by atoms with Gasteiger partial charge in [-0.25, -0.2) is 14.0 Å². The lowest BCUT2D eigenvalue weighted by molar-refractivity contribution is 0.0241. The molecule has 29 heavy (non-hydrogen) atoms. The summed E-state index contributed by atoms with van der Waals surface area (Å²) in [5.74, 6) is -1.19. The van der Waals surface area contributed by atoms with Crippen LogP contribution in [0.25, 0.3) is 11.1 Å². The van der Waals surface area contributed by atoms with Crippen LogP contribution in [0.5, 0.6) is 0 Å². The topological polar surface area (TPSA) is 79.6 Å². The predicted molar refractivity (Wildman–Crippen MR) is 103 cm³/mol. The first-order chi connectivity index (χ1) is 13.6. The van der Waals surface area contributed by atoms with Crippen molar-refractivity contribution in [2.24, 2.45) is 0 Å². The van der Waals surface area contributed by atoms with E-state index in [1.54, 1.807) is 26.8 Å². The highest BCUT2D eigenvalue weighted by Crippen LogP contribution is 2.37. The van der Waals surface area contributed by atoms with E-state index in [9.17, 15) is 14.0 Å². The van der Waals surface area contributed by atoms with Crippen molar-refractivity contribution in [2.45, 2.75) is 39.5 Å². The summed E-state index contributed by atoms with van der Waals surface area (Å²) in [6.45, 7) is 5.76. The summed E-state index contributed by atoms with van der Waals surface area (Å²) < 4.78 is 25.1. The number of fused-ring (bicyclic) bond motifs is 1. The molecule has 0 N–H and O–H groups in total. The first-order valence-corrected chi connectivity index (χ1v) is 9.05. The highest BCUT2D eigenvalue weighted by Gasteiger charge is 2.31. The highest BCUT2D eigenvalue weighted by atomic mass is 19.1. The molecule has 0 aliphatic carbocycles. The third kappa shape index (κ3) is 4.06. The van der Waals surface area contributed by atoms with Crippen LogP contribution in [-0.4, -0.2) is 29.7 Å². The van der Waals surface area contributed by atoms with Crippen molar-refractivity contribution in [1.29, 1.82) is 5.26 Å². The van der Waals surface area contributed by atoms with E-state index < -0.39 is 23.5 Å². The zero-order valence-electron chi connectivity index (χ0n) is 16.7. The molecular formula is C22H21FN2O4. The monoisotopic (exact) mass is 396 g/mol. The van der Waals surface area contributed by atoms with Crippen LogP contribution in [0.2, 0.25) is 0 Å². The molecule has 7 heteroatoms. The lowest BCUT2D eigenvalue weighted by Gasteiger charge is -2.24. The summed E-state index contributed by atoms with van der Waals surface area (Å²) in [4.78, 5) is 26.2. The van der Waals surface area contributed by atoms with E-state index in [0.29, 0.717) is 11.1 Å². The normalized spacial score (nSPS) is 12.9. The fourth-order valence-electron chi connectivity index (χ4n) is 3.30. The van der Waals surface area contributed by atoms with Crippen molar-refractivity contribution in [3.8, 4) is 17.2 Å². The van der Waals surface area contributed by atoms with Crippen molar-refractivity contribution in [3.05, 3.63) is 58.4 Å². The number of carbonyl (C=O) groups excluding carboxylic acids is 2. The number of ether oxygens (including phenoxy) is 2. The molecule has 150 valence electrons. The molecule has 1 amide bonds. The summed E-state index contributed by atoms with van der Waals surface area (Å²) in [5, 5.41) is 9.14. The van der Waals surface area contributed by atoms with Crippen LogP contribution < -0.4 is 0 Å². The average molecular weight is 396 g/mol. The maximum Gasteiger partial charge on any atom is 0.410 e. The Bertz CT molecular complexity index is 1030. The van der Waals surface area contributed by atoms with Crippen LogP contribution in [0.3, 0.4) is 0 Å². The molecule has 1 aliphatic rings. The van der Waals surface area contributed by atoms with Crippen molar-refractivity contribution < 1.29 is 23.5 Å². The van der Waals surface area contributed by atoms with Crippen molar-refractivity contribution in [2.75, 3.05) is 7.11 Å². The van der Waals surface area contributed by atoms with Gasteiger partial charge < -0.3 is 9.47 Å². The van der Waals surface area contributed by atoms with Gasteiger partial charge in [-0.2, -0.15) is 5.26 Å². The molecule has 0 atom stereocenters. The number of esters is 1. The van der Waals surface area contributed by atoms with Crippen molar-refractivity contribution in [1.82, 2.24) is 4.90 Å². The van der Waals surface area contributed by atoms with E-state index in [-0.39, 0.29) is 29.8 Å². The smallest absolute Gasteiger partial charge is 0.410 e. The highest BCUT2D eigenvalue weighted by molar-refractivity contribution is 5.98. The number of hydrogen-bond acceptors (Lipinski definition) is 5. The molecule has 2 aromatic carbocycles. The number of hydrogen-bond donors (Lipinski definition) is 0. The third-order valence-corrected chi connectivity index (χ3v) is 4.54. The molecule has 0 spiro atoms. The van der Waals surface area contributed by atoms with Crippen LogP contribution in [0.15, 0.2) is 30.3 Å². The average Bonchev–Trinajstić information content (AvgIpc) is 3.10. The van der Waals surface area contributed by atoms with Gasteiger partial charge >= 0.3 is 12.1 Å². The molecule has 0 bridgehead atoms. The summed E-state index contributed by atoms with van der Waals surface area (Å²) in [5.41, 5.74) is 1.62. The summed E-state index contributed by atoms with van der Waals surface area (Å²) in [6, 6.07) is 9.32. The summed E-state index contributed by atoms with van der Waals surface area (Å²) in [6.07, 6.45) is -0.493. The molecule has 1 heterocycles. The fraction of sp³-hybridized carbons (Fsp3) is 0.318. The minimum atomic E-state index is -0.670. The molecule has 0 radical (unpaired) electrons. The second-order valence-electron chi connectivity index (χ2n) is 7.76. The largest absolute Gasteiger partial charge is 0.465 e. The van der Waals surface area contributed by atoms with Gasteiger partial charge in [0.2, 0.25) is 0 Å². The van der Waals surface area contributed by atoms with Gasteiger partial charge in [0.1, 0.15) is 11.4 Å². The molecule has 0 saturated heterocycles. The molecule has 1 aliphatic heterocycles. The summed E-state index contributed by atoms with van der Waals surface area (Å²) in [7, 11) is 1.22. The maximum atomic E-state index is 14.9. The van der Waals surface area contributed by atoms with Gasteiger partial charge in [0.05, 0.1) is 30.9 Å². The number of carbonyl (C=O) groups is 2. The number of halogens is 1. The Morgan fingerprint density at radius 2 is 1.90 bits per heavy atom. The van der Waals surface area contributed by atoms with E-state index in [1.165, 1.54) is 36.3 Å². The molecule has 0 aromatic heterocycles. The van der Waals surface area contributed by atoms with E-state index in [4.69, 9.17) is 14.7 Å². The Kier molecular flexibility index (Phi) is 5.29. The Morgan fingerprint density at radius 1 is 1.17 bits per heavy atom. The zero-order valence-corrected chi connectivity index (χ0v) is 16.7. The van der Waals surface area contributed by atoms with E-state index in [1.807, 2.05) is 6.07 Å². The van der Waals surface area contributed by atoms with E-state index in [0.717, 1.165) is 5.56 Å².